The van der Waals surface area contributed by atoms with E-state index in [0.29, 0.717) is 0 Å². The molecule has 0 heterocycles. The maximum atomic E-state index is 4.06. The summed E-state index contributed by atoms with van der Waals surface area (Å²) in [7, 11) is 0. The molecule has 60 valence electrons. The fourth-order valence-electron chi connectivity index (χ4n) is 1.48. The van der Waals surface area contributed by atoms with Crippen molar-refractivity contribution in [2.45, 2.75) is 44.0 Å². The molecule has 0 rings (SSSR count). The molecule has 0 aliphatic rings. The summed E-state index contributed by atoms with van der Waals surface area (Å²) in [5, 5.41) is 0. The summed E-state index contributed by atoms with van der Waals surface area (Å²) in [4.78, 5) is 0. The summed E-state index contributed by atoms with van der Waals surface area (Å²) in [6.07, 6.45) is 0. The van der Waals surface area contributed by atoms with E-state index in [1.165, 1.54) is 4.36 Å². The van der Waals surface area contributed by atoms with E-state index < -0.39 is 14.7 Å². The fourth-order valence-corrected chi connectivity index (χ4v) is 7.68. The molecule has 0 aromatic heterocycles. The third kappa shape index (κ3) is 2.92. The molecule has 0 radical (unpaired) electrons. The van der Waals surface area contributed by atoms with Crippen molar-refractivity contribution >= 4 is 14.7 Å². The average Bonchev–Trinajstić information content (AvgIpc) is 1.59. The molecule has 0 aromatic rings. The zero-order valence-electron chi connectivity index (χ0n) is 7.81. The Balaban J connectivity index is 4.12. The van der Waals surface area contributed by atoms with E-state index >= 15 is 0 Å². The van der Waals surface area contributed by atoms with Crippen molar-refractivity contribution in [1.82, 2.24) is 0 Å². The zero-order chi connectivity index (χ0) is 8.31. The van der Waals surface area contributed by atoms with Crippen LogP contribution in [0.4, 0.5) is 0 Å². The van der Waals surface area contributed by atoms with Gasteiger partial charge in [0.15, 0.2) is 0 Å². The molecule has 1 heteroatoms. The first-order valence-electron chi connectivity index (χ1n) is 3.90. The Hall–Kier alpha value is 0.298. The van der Waals surface area contributed by atoms with Crippen LogP contribution in [0.25, 0.3) is 0 Å². The molecular formula is C9H19As. The maximum absolute atomic E-state index is 4.06. The number of allylic oxidation sites excluding steroid dienone is 1. The van der Waals surface area contributed by atoms with E-state index in [4.69, 9.17) is 0 Å². The van der Waals surface area contributed by atoms with E-state index in [1.54, 1.807) is 0 Å². The van der Waals surface area contributed by atoms with Crippen molar-refractivity contribution in [3.05, 3.63) is 10.9 Å². The van der Waals surface area contributed by atoms with Crippen LogP contribution in [0.5, 0.6) is 0 Å². The van der Waals surface area contributed by atoms with Gasteiger partial charge < -0.3 is 0 Å². The van der Waals surface area contributed by atoms with Crippen molar-refractivity contribution in [2.75, 3.05) is 0 Å². The number of hydrogen-bond donors (Lipinski definition) is 0. The Morgan fingerprint density at radius 3 is 1.40 bits per heavy atom. The molecule has 0 fully saturated rings. The fraction of sp³-hybridized carbons (Fsp3) is 0.778. The van der Waals surface area contributed by atoms with Crippen molar-refractivity contribution in [2.24, 2.45) is 0 Å². The van der Waals surface area contributed by atoms with Crippen LogP contribution in [0.15, 0.2) is 10.9 Å². The number of rotatable bonds is 3. The Labute approximate surface area is 70.0 Å². The van der Waals surface area contributed by atoms with Gasteiger partial charge in [-0.2, -0.15) is 0 Å². The van der Waals surface area contributed by atoms with Gasteiger partial charge in [0, 0.05) is 0 Å². The van der Waals surface area contributed by atoms with Gasteiger partial charge in [-0.05, 0) is 0 Å². The molecule has 0 bridgehead atoms. The second-order valence-corrected chi connectivity index (χ2v) is 11.0. The van der Waals surface area contributed by atoms with E-state index in [1.807, 2.05) is 0 Å². The standard InChI is InChI=1S/C9H19As/c1-7(2)10(8(3)4)9(5)6/h8-9H,1H2,2-6H3. The summed E-state index contributed by atoms with van der Waals surface area (Å²) < 4.78 is 3.23. The molecule has 0 aliphatic carbocycles. The van der Waals surface area contributed by atoms with Gasteiger partial charge >= 0.3 is 69.6 Å². The molecule has 0 aromatic carbocycles. The van der Waals surface area contributed by atoms with E-state index in [2.05, 4.69) is 41.2 Å². The first-order valence-corrected chi connectivity index (χ1v) is 7.01. The van der Waals surface area contributed by atoms with Gasteiger partial charge in [-0.3, -0.25) is 0 Å². The van der Waals surface area contributed by atoms with Crippen LogP contribution in [0.3, 0.4) is 0 Å². The van der Waals surface area contributed by atoms with Crippen LogP contribution in [0.1, 0.15) is 34.6 Å². The van der Waals surface area contributed by atoms with Gasteiger partial charge in [-0.15, -0.1) is 0 Å². The Morgan fingerprint density at radius 1 is 1.10 bits per heavy atom. The van der Waals surface area contributed by atoms with Crippen LogP contribution in [-0.2, 0) is 0 Å². The summed E-state index contributed by atoms with van der Waals surface area (Å²) in [5.74, 6) is 0. The van der Waals surface area contributed by atoms with Crippen molar-refractivity contribution in [3.63, 3.8) is 0 Å². The Bertz CT molecular complexity index is 106. The molecule has 0 spiro atoms. The Morgan fingerprint density at radius 2 is 1.40 bits per heavy atom. The SMILES string of the molecule is C=C(C)[As](C(C)C)C(C)C. The molecule has 0 saturated carbocycles. The molecule has 0 amide bonds. The van der Waals surface area contributed by atoms with Crippen molar-refractivity contribution < 1.29 is 0 Å². The van der Waals surface area contributed by atoms with Crippen LogP contribution < -0.4 is 0 Å². The third-order valence-electron chi connectivity index (χ3n) is 1.55. The van der Waals surface area contributed by atoms with Gasteiger partial charge in [-0.1, -0.05) is 0 Å². The van der Waals surface area contributed by atoms with Gasteiger partial charge in [0.2, 0.25) is 0 Å². The van der Waals surface area contributed by atoms with E-state index in [-0.39, 0.29) is 0 Å². The summed E-state index contributed by atoms with van der Waals surface area (Å²) in [6, 6.07) is 0. The minimum absolute atomic E-state index is 0.715. The predicted octanol–water partition coefficient (Wildman–Crippen LogP) is 3.42. The molecule has 0 nitrogen and oxygen atoms in total. The average molecular weight is 202 g/mol. The van der Waals surface area contributed by atoms with Gasteiger partial charge in [-0.25, -0.2) is 0 Å². The van der Waals surface area contributed by atoms with E-state index in [9.17, 15) is 0 Å². The van der Waals surface area contributed by atoms with Gasteiger partial charge in [0.1, 0.15) is 0 Å². The predicted molar refractivity (Wildman–Crippen MR) is 50.8 cm³/mol. The zero-order valence-corrected chi connectivity index (χ0v) is 9.69. The normalized spacial score (nSPS) is 11.6. The molecule has 0 atom stereocenters. The topological polar surface area (TPSA) is 0 Å². The third-order valence-corrected chi connectivity index (χ3v) is 8.07. The number of hydrogen-bond acceptors (Lipinski definition) is 0. The van der Waals surface area contributed by atoms with E-state index in [0.717, 1.165) is 9.41 Å². The Kier molecular flexibility index (Phi) is 4.36. The summed E-state index contributed by atoms with van der Waals surface area (Å²) >= 11 is -0.715. The van der Waals surface area contributed by atoms with Crippen molar-refractivity contribution in [1.29, 1.82) is 0 Å². The van der Waals surface area contributed by atoms with Crippen LogP contribution >= 0.6 is 0 Å². The monoisotopic (exact) mass is 202 g/mol. The first kappa shape index (κ1) is 10.3. The summed E-state index contributed by atoms with van der Waals surface area (Å²) in [5.41, 5.74) is 0. The molecular weight excluding hydrogens is 183 g/mol. The quantitative estimate of drug-likeness (QED) is 0.615. The molecule has 0 unspecified atom stereocenters. The molecule has 10 heavy (non-hydrogen) atoms. The van der Waals surface area contributed by atoms with Crippen LogP contribution in [0, 0.1) is 0 Å². The summed E-state index contributed by atoms with van der Waals surface area (Å²) in [6.45, 7) is 15.6. The molecule has 0 aliphatic heterocycles. The van der Waals surface area contributed by atoms with Crippen molar-refractivity contribution in [3.8, 4) is 0 Å². The second kappa shape index (κ2) is 4.23. The molecule has 0 N–H and O–H groups in total. The van der Waals surface area contributed by atoms with Crippen LogP contribution in [0.2, 0.25) is 9.41 Å². The second-order valence-electron chi connectivity index (χ2n) is 3.33. The minimum atomic E-state index is -0.715. The van der Waals surface area contributed by atoms with Gasteiger partial charge in [0.05, 0.1) is 0 Å². The first-order chi connectivity index (χ1) is 4.46. The van der Waals surface area contributed by atoms with Crippen LogP contribution in [-0.4, -0.2) is 14.7 Å². The molecule has 0 saturated heterocycles. The van der Waals surface area contributed by atoms with Gasteiger partial charge in [0.25, 0.3) is 0 Å².